The molecule has 4 heterocycles. The van der Waals surface area contributed by atoms with E-state index in [4.69, 9.17) is 0 Å². The molecule has 162 valence electrons. The number of halogens is 1. The monoisotopic (exact) mass is 422 g/mol. The van der Waals surface area contributed by atoms with Crippen LogP contribution in [0.5, 0.6) is 5.75 Å². The minimum atomic E-state index is -0.991. The zero-order valence-electron chi connectivity index (χ0n) is 18.0. The highest BCUT2D eigenvalue weighted by Gasteiger charge is 2.56. The van der Waals surface area contributed by atoms with Gasteiger partial charge in [0.05, 0.1) is 23.8 Å². The lowest BCUT2D eigenvalue weighted by Crippen LogP contribution is -2.65. The highest BCUT2D eigenvalue weighted by Crippen LogP contribution is 2.45. The van der Waals surface area contributed by atoms with E-state index in [0.717, 1.165) is 24.9 Å². The van der Waals surface area contributed by atoms with Gasteiger partial charge in [0, 0.05) is 42.1 Å². The summed E-state index contributed by atoms with van der Waals surface area (Å²) < 4.78 is 17.2. The van der Waals surface area contributed by atoms with Crippen LogP contribution in [0.2, 0.25) is 0 Å². The standard InChI is InChI=1S/C23H27FN6O/c1-22-8-9-23(2,28-22)21(24)18(13-22)29(3)20-7-6-17(26-27-20)16-5-4-15(12-19(16)31)30-11-10-25-14-30/h4-7,10-12,14,18,21,28,31H,8-9,13H2,1-3H3/t18-,21+,22-,23+/m1/s1. The molecular formula is C23H27FN6O. The number of phenolic OH excluding ortho intramolecular Hbond substituents is 1. The molecule has 8 heteroatoms. The number of rotatable bonds is 4. The summed E-state index contributed by atoms with van der Waals surface area (Å²) in [5, 5.41) is 22.7. The molecule has 2 fully saturated rings. The molecule has 2 bridgehead atoms. The molecule has 0 aliphatic carbocycles. The molecule has 0 amide bonds. The number of imidazole rings is 1. The molecule has 1 aromatic carbocycles. The van der Waals surface area contributed by atoms with Crippen molar-refractivity contribution in [2.24, 2.45) is 0 Å². The van der Waals surface area contributed by atoms with Gasteiger partial charge in [0.2, 0.25) is 0 Å². The van der Waals surface area contributed by atoms with Crippen LogP contribution in [0.15, 0.2) is 49.1 Å². The number of alkyl halides is 1. The maximum absolute atomic E-state index is 15.4. The SMILES string of the molecule is CN(c1ccc(-c2ccc(-n3ccnc3)cc2O)nn1)[C@@H]1C[C@@]2(C)CC[C@](C)(N2)[C@H]1F. The van der Waals surface area contributed by atoms with Gasteiger partial charge in [-0.3, -0.25) is 0 Å². The molecule has 2 aliphatic rings. The summed E-state index contributed by atoms with van der Waals surface area (Å²) in [6.07, 6.45) is 6.72. The first-order valence-electron chi connectivity index (χ1n) is 10.6. The molecule has 4 atom stereocenters. The Hall–Kier alpha value is -3.00. The second kappa shape index (κ2) is 7.02. The minimum absolute atomic E-state index is 0.0492. The number of phenols is 1. The van der Waals surface area contributed by atoms with Crippen LogP contribution in [-0.2, 0) is 0 Å². The Balaban J connectivity index is 1.38. The molecule has 0 saturated carbocycles. The van der Waals surface area contributed by atoms with E-state index in [-0.39, 0.29) is 17.3 Å². The van der Waals surface area contributed by atoms with Crippen molar-refractivity contribution in [2.45, 2.75) is 56.4 Å². The van der Waals surface area contributed by atoms with Gasteiger partial charge >= 0.3 is 0 Å². The van der Waals surface area contributed by atoms with Crippen LogP contribution < -0.4 is 10.2 Å². The van der Waals surface area contributed by atoms with Crippen molar-refractivity contribution in [1.82, 2.24) is 25.1 Å². The quantitative estimate of drug-likeness (QED) is 0.670. The number of aromatic nitrogens is 4. The number of hydrogen-bond acceptors (Lipinski definition) is 6. The largest absolute Gasteiger partial charge is 0.507 e. The van der Waals surface area contributed by atoms with Gasteiger partial charge in [0.1, 0.15) is 11.9 Å². The molecule has 2 aromatic heterocycles. The maximum Gasteiger partial charge on any atom is 0.151 e. The van der Waals surface area contributed by atoms with Gasteiger partial charge in [-0.25, -0.2) is 9.37 Å². The van der Waals surface area contributed by atoms with Gasteiger partial charge < -0.3 is 19.9 Å². The van der Waals surface area contributed by atoms with Crippen LogP contribution in [-0.4, -0.2) is 55.2 Å². The lowest BCUT2D eigenvalue weighted by Gasteiger charge is -2.47. The van der Waals surface area contributed by atoms with E-state index in [1.165, 1.54) is 0 Å². The summed E-state index contributed by atoms with van der Waals surface area (Å²) in [6, 6.07) is 8.75. The van der Waals surface area contributed by atoms with Crippen LogP contribution in [0, 0.1) is 0 Å². The fraction of sp³-hybridized carbons (Fsp3) is 0.435. The number of hydrogen-bond donors (Lipinski definition) is 2. The van der Waals surface area contributed by atoms with Crippen molar-refractivity contribution in [3.63, 3.8) is 0 Å². The van der Waals surface area contributed by atoms with Gasteiger partial charge in [0.25, 0.3) is 0 Å². The predicted octanol–water partition coefficient (Wildman–Crippen LogP) is 3.48. The zero-order chi connectivity index (χ0) is 21.8. The summed E-state index contributed by atoms with van der Waals surface area (Å²) in [4.78, 5) is 5.93. The number of benzene rings is 1. The first kappa shape index (κ1) is 19.9. The molecule has 5 rings (SSSR count). The Morgan fingerprint density at radius 1 is 1.19 bits per heavy atom. The third kappa shape index (κ3) is 3.35. The van der Waals surface area contributed by atoms with Crippen molar-refractivity contribution >= 4 is 5.82 Å². The van der Waals surface area contributed by atoms with Gasteiger partial charge in [-0.1, -0.05) is 0 Å². The third-order valence-electron chi connectivity index (χ3n) is 6.96. The summed E-state index contributed by atoms with van der Waals surface area (Å²) in [5.74, 6) is 0.737. The van der Waals surface area contributed by atoms with E-state index in [1.54, 1.807) is 18.6 Å². The van der Waals surface area contributed by atoms with E-state index in [0.29, 0.717) is 17.1 Å². The molecule has 2 saturated heterocycles. The zero-order valence-corrected chi connectivity index (χ0v) is 18.0. The van der Waals surface area contributed by atoms with E-state index >= 15 is 4.39 Å². The average Bonchev–Trinajstić information content (AvgIpc) is 3.38. The Kier molecular flexibility index (Phi) is 4.51. The van der Waals surface area contributed by atoms with Gasteiger partial charge in [-0.05, 0) is 57.4 Å². The first-order valence-corrected chi connectivity index (χ1v) is 10.6. The molecular weight excluding hydrogens is 395 g/mol. The molecule has 0 unspecified atom stereocenters. The summed E-state index contributed by atoms with van der Waals surface area (Å²) >= 11 is 0. The molecule has 2 aliphatic heterocycles. The molecule has 7 nitrogen and oxygen atoms in total. The fourth-order valence-corrected chi connectivity index (χ4v) is 5.17. The molecule has 0 spiro atoms. The van der Waals surface area contributed by atoms with Gasteiger partial charge in [-0.15, -0.1) is 10.2 Å². The minimum Gasteiger partial charge on any atom is -0.507 e. The van der Waals surface area contributed by atoms with E-state index in [1.807, 2.05) is 53.9 Å². The number of piperidine rings is 1. The Morgan fingerprint density at radius 3 is 2.71 bits per heavy atom. The van der Waals surface area contributed by atoms with Crippen molar-refractivity contribution in [1.29, 1.82) is 0 Å². The number of anilines is 1. The predicted molar refractivity (Wildman–Crippen MR) is 117 cm³/mol. The maximum atomic E-state index is 15.4. The fourth-order valence-electron chi connectivity index (χ4n) is 5.17. The number of nitrogens with zero attached hydrogens (tertiary/aromatic N) is 5. The van der Waals surface area contributed by atoms with Gasteiger partial charge in [0.15, 0.2) is 5.82 Å². The van der Waals surface area contributed by atoms with Crippen LogP contribution in [0.4, 0.5) is 10.2 Å². The van der Waals surface area contributed by atoms with E-state index in [9.17, 15) is 5.11 Å². The third-order valence-corrected chi connectivity index (χ3v) is 6.96. The van der Waals surface area contributed by atoms with Crippen LogP contribution in [0.3, 0.4) is 0 Å². The summed E-state index contributed by atoms with van der Waals surface area (Å²) in [5.41, 5.74) is 1.41. The first-order chi connectivity index (χ1) is 14.8. The van der Waals surface area contributed by atoms with Crippen molar-refractivity contribution in [3.05, 3.63) is 49.1 Å². The molecule has 3 aromatic rings. The number of nitrogens with one attached hydrogen (secondary N) is 1. The van der Waals surface area contributed by atoms with Crippen LogP contribution in [0.25, 0.3) is 16.9 Å². The Bertz CT molecular complexity index is 1090. The Morgan fingerprint density at radius 2 is 2.03 bits per heavy atom. The molecule has 31 heavy (non-hydrogen) atoms. The van der Waals surface area contributed by atoms with Gasteiger partial charge in [-0.2, -0.15) is 0 Å². The topological polar surface area (TPSA) is 79.1 Å². The number of fused-ring (bicyclic) bond motifs is 2. The van der Waals surface area contributed by atoms with Crippen LogP contribution >= 0.6 is 0 Å². The van der Waals surface area contributed by atoms with Crippen LogP contribution in [0.1, 0.15) is 33.1 Å². The lowest BCUT2D eigenvalue weighted by atomic mass is 9.82. The normalized spacial score (nSPS) is 29.8. The second-order valence-electron chi connectivity index (χ2n) is 9.34. The second-order valence-corrected chi connectivity index (χ2v) is 9.34. The van der Waals surface area contributed by atoms with E-state index in [2.05, 4.69) is 27.4 Å². The highest BCUT2D eigenvalue weighted by molar-refractivity contribution is 5.69. The Labute approximate surface area is 180 Å². The highest BCUT2D eigenvalue weighted by atomic mass is 19.1. The number of aromatic hydroxyl groups is 1. The van der Waals surface area contributed by atoms with Crippen molar-refractivity contribution in [3.8, 4) is 22.7 Å². The summed E-state index contributed by atoms with van der Waals surface area (Å²) in [7, 11) is 1.88. The molecule has 0 radical (unpaired) electrons. The smallest absolute Gasteiger partial charge is 0.151 e. The van der Waals surface area contributed by atoms with E-state index < -0.39 is 11.7 Å². The summed E-state index contributed by atoms with van der Waals surface area (Å²) in [6.45, 7) is 4.16. The lowest BCUT2D eigenvalue weighted by molar-refractivity contribution is 0.0859. The molecule has 2 N–H and O–H groups in total. The van der Waals surface area contributed by atoms with Crippen molar-refractivity contribution < 1.29 is 9.50 Å². The van der Waals surface area contributed by atoms with Crippen molar-refractivity contribution in [2.75, 3.05) is 11.9 Å². The average molecular weight is 423 g/mol.